The van der Waals surface area contributed by atoms with Gasteiger partial charge in [0.15, 0.2) is 0 Å². The van der Waals surface area contributed by atoms with E-state index in [1.807, 2.05) is 13.8 Å². The molecule has 0 spiro atoms. The Morgan fingerprint density at radius 2 is 1.21 bits per heavy atom. The molecular weight excluding hydrogens is 443 g/mol. The van der Waals surface area contributed by atoms with Crippen molar-refractivity contribution >= 4 is 11.6 Å². The maximum absolute atomic E-state index is 13.7. The predicted octanol–water partition coefficient (Wildman–Crippen LogP) is 1.47. The van der Waals surface area contributed by atoms with Gasteiger partial charge in [0.1, 0.15) is 17.5 Å². The molecule has 0 bridgehead atoms. The Kier molecular flexibility index (Phi) is 7.54. The van der Waals surface area contributed by atoms with Crippen LogP contribution in [-0.4, -0.2) is 19.1 Å². The Balaban J connectivity index is 2.40. The maximum Gasteiger partial charge on any atom is 0.329 e. The summed E-state index contributed by atoms with van der Waals surface area (Å²) >= 11 is 0. The molecule has 6 N–H and O–H groups in total. The molecule has 0 atom stereocenters. The first-order chi connectivity index (χ1) is 16.2. The highest BCUT2D eigenvalue weighted by Gasteiger charge is 2.30. The first-order valence-electron chi connectivity index (χ1n) is 11.2. The standard InChI is InChI=1S/C23H29FN6O4/c1-3-5-11-29-20(31)16(18(25)27-22(29)33)15(13-7-9-14(24)10-8-13)17-19(26)28-23(34)30(21(17)32)12-6-4-2/h7-10,15H,3-6,11-12,25-26H2,1-2H3,(H,27,33)(H,28,34). The number of anilines is 2. The lowest BCUT2D eigenvalue weighted by molar-refractivity contribution is 0.569. The lowest BCUT2D eigenvalue weighted by atomic mass is 9.86. The SMILES string of the molecule is CCCCn1c(=O)[nH]c(N)c(C(c2ccc(F)cc2)c2c(N)[nH]c(=O)n(CCCC)c2=O)c1=O. The molecule has 34 heavy (non-hydrogen) atoms. The second-order valence-electron chi connectivity index (χ2n) is 8.12. The smallest absolute Gasteiger partial charge is 0.329 e. The highest BCUT2D eigenvalue weighted by atomic mass is 19.1. The second kappa shape index (κ2) is 10.4. The molecule has 0 aliphatic carbocycles. The molecule has 3 aromatic rings. The van der Waals surface area contributed by atoms with Crippen molar-refractivity contribution in [3.8, 4) is 0 Å². The third-order valence-electron chi connectivity index (χ3n) is 5.76. The molecule has 2 heterocycles. The predicted molar refractivity (Wildman–Crippen MR) is 129 cm³/mol. The Bertz CT molecular complexity index is 1320. The third-order valence-corrected chi connectivity index (χ3v) is 5.76. The van der Waals surface area contributed by atoms with Crippen molar-refractivity contribution in [2.24, 2.45) is 0 Å². The first kappa shape index (κ1) is 24.7. The van der Waals surface area contributed by atoms with E-state index in [1.54, 1.807) is 0 Å². The quantitative estimate of drug-likeness (QED) is 0.369. The summed E-state index contributed by atoms with van der Waals surface area (Å²) in [5.74, 6) is -2.15. The number of nitrogens with two attached hydrogens (primary N) is 2. The molecule has 0 fully saturated rings. The van der Waals surface area contributed by atoms with Crippen LogP contribution in [0.25, 0.3) is 0 Å². The molecule has 0 radical (unpaired) electrons. The summed E-state index contributed by atoms with van der Waals surface area (Å²) in [6, 6.07) is 5.16. The highest BCUT2D eigenvalue weighted by Crippen LogP contribution is 2.32. The van der Waals surface area contributed by atoms with Gasteiger partial charge in [-0.3, -0.25) is 28.7 Å². The molecule has 0 saturated heterocycles. The minimum Gasteiger partial charge on any atom is -0.385 e. The summed E-state index contributed by atoms with van der Waals surface area (Å²) in [5.41, 5.74) is 9.68. The zero-order valence-corrected chi connectivity index (χ0v) is 19.2. The van der Waals surface area contributed by atoms with Crippen LogP contribution in [-0.2, 0) is 13.1 Å². The van der Waals surface area contributed by atoms with E-state index in [9.17, 15) is 23.6 Å². The Morgan fingerprint density at radius 3 is 1.59 bits per heavy atom. The average Bonchev–Trinajstić information content (AvgIpc) is 2.78. The summed E-state index contributed by atoms with van der Waals surface area (Å²) in [6.07, 6.45) is 2.61. The van der Waals surface area contributed by atoms with E-state index in [2.05, 4.69) is 9.97 Å². The number of H-pyrrole nitrogens is 2. The van der Waals surface area contributed by atoms with Crippen molar-refractivity contribution in [1.29, 1.82) is 0 Å². The number of aromatic amines is 2. The first-order valence-corrected chi connectivity index (χ1v) is 11.2. The summed E-state index contributed by atoms with van der Waals surface area (Å²) in [5, 5.41) is 0. The fraction of sp³-hybridized carbons (Fsp3) is 0.391. The van der Waals surface area contributed by atoms with Gasteiger partial charge < -0.3 is 11.5 Å². The van der Waals surface area contributed by atoms with E-state index in [-0.39, 0.29) is 35.9 Å². The minimum atomic E-state index is -1.16. The number of halogens is 1. The summed E-state index contributed by atoms with van der Waals surface area (Å²) in [4.78, 5) is 56.8. The lowest BCUT2D eigenvalue weighted by Crippen LogP contribution is -2.42. The summed E-state index contributed by atoms with van der Waals surface area (Å²) < 4.78 is 15.7. The summed E-state index contributed by atoms with van der Waals surface area (Å²) in [6.45, 7) is 4.13. The van der Waals surface area contributed by atoms with Crippen LogP contribution in [0.4, 0.5) is 16.0 Å². The fourth-order valence-electron chi connectivity index (χ4n) is 3.94. The summed E-state index contributed by atoms with van der Waals surface area (Å²) in [7, 11) is 0. The van der Waals surface area contributed by atoms with E-state index in [0.29, 0.717) is 18.4 Å². The molecule has 0 saturated carbocycles. The van der Waals surface area contributed by atoms with Gasteiger partial charge in [0, 0.05) is 13.1 Å². The van der Waals surface area contributed by atoms with Crippen LogP contribution in [0, 0.1) is 5.82 Å². The van der Waals surface area contributed by atoms with Gasteiger partial charge in [-0.15, -0.1) is 0 Å². The Morgan fingerprint density at radius 1 is 0.794 bits per heavy atom. The zero-order chi connectivity index (χ0) is 25.0. The largest absolute Gasteiger partial charge is 0.385 e. The van der Waals surface area contributed by atoms with Crippen LogP contribution < -0.4 is 34.0 Å². The van der Waals surface area contributed by atoms with Crippen LogP contribution in [0.3, 0.4) is 0 Å². The number of benzene rings is 1. The Labute approximate surface area is 194 Å². The molecule has 0 unspecified atom stereocenters. The molecule has 0 aliphatic rings. The van der Waals surface area contributed by atoms with E-state index in [1.165, 1.54) is 24.3 Å². The number of hydrogen-bond donors (Lipinski definition) is 4. The highest BCUT2D eigenvalue weighted by molar-refractivity contribution is 5.56. The number of nitrogens with zero attached hydrogens (tertiary/aromatic N) is 2. The van der Waals surface area contributed by atoms with E-state index in [4.69, 9.17) is 11.5 Å². The fourth-order valence-corrected chi connectivity index (χ4v) is 3.94. The van der Waals surface area contributed by atoms with Crippen LogP contribution >= 0.6 is 0 Å². The number of rotatable bonds is 9. The molecule has 3 rings (SSSR count). The van der Waals surface area contributed by atoms with Gasteiger partial charge in [-0.05, 0) is 30.5 Å². The van der Waals surface area contributed by atoms with Gasteiger partial charge in [0.05, 0.1) is 17.0 Å². The number of hydrogen-bond acceptors (Lipinski definition) is 6. The van der Waals surface area contributed by atoms with E-state index in [0.717, 1.165) is 22.0 Å². The van der Waals surface area contributed by atoms with Crippen molar-refractivity contribution in [2.45, 2.75) is 58.5 Å². The lowest BCUT2D eigenvalue weighted by Gasteiger charge is -2.22. The van der Waals surface area contributed by atoms with Crippen molar-refractivity contribution in [1.82, 2.24) is 19.1 Å². The van der Waals surface area contributed by atoms with Crippen molar-refractivity contribution in [3.05, 3.63) is 88.4 Å². The molecule has 2 aromatic heterocycles. The number of nitrogens with one attached hydrogen (secondary N) is 2. The number of unbranched alkanes of at least 4 members (excludes halogenated alkanes) is 2. The minimum absolute atomic E-state index is 0.0831. The van der Waals surface area contributed by atoms with Crippen molar-refractivity contribution < 1.29 is 4.39 Å². The van der Waals surface area contributed by atoms with E-state index >= 15 is 0 Å². The maximum atomic E-state index is 13.7. The van der Waals surface area contributed by atoms with Gasteiger partial charge in [0.2, 0.25) is 0 Å². The van der Waals surface area contributed by atoms with Gasteiger partial charge in [-0.2, -0.15) is 0 Å². The normalized spacial score (nSPS) is 11.3. The topological polar surface area (TPSA) is 162 Å². The molecular formula is C23H29FN6O4. The van der Waals surface area contributed by atoms with Crippen LogP contribution in [0.1, 0.15) is 62.1 Å². The molecule has 10 nitrogen and oxygen atoms in total. The zero-order valence-electron chi connectivity index (χ0n) is 19.2. The number of aromatic nitrogens is 4. The molecule has 1 aromatic carbocycles. The molecule has 182 valence electrons. The molecule has 11 heteroatoms. The number of nitrogen functional groups attached to an aromatic ring is 2. The van der Waals surface area contributed by atoms with Gasteiger partial charge in [-0.25, -0.2) is 14.0 Å². The van der Waals surface area contributed by atoms with Crippen molar-refractivity contribution in [3.63, 3.8) is 0 Å². The van der Waals surface area contributed by atoms with E-state index < -0.39 is 34.2 Å². The van der Waals surface area contributed by atoms with Crippen LogP contribution in [0.5, 0.6) is 0 Å². The average molecular weight is 473 g/mol. The van der Waals surface area contributed by atoms with Crippen molar-refractivity contribution in [2.75, 3.05) is 11.5 Å². The van der Waals surface area contributed by atoms with Gasteiger partial charge in [0.25, 0.3) is 11.1 Å². The van der Waals surface area contributed by atoms with Crippen LogP contribution in [0.15, 0.2) is 43.4 Å². The third kappa shape index (κ3) is 4.73. The second-order valence-corrected chi connectivity index (χ2v) is 8.12. The Hall–Kier alpha value is -3.89. The monoisotopic (exact) mass is 472 g/mol. The molecule has 0 amide bonds. The van der Waals surface area contributed by atoms with Gasteiger partial charge >= 0.3 is 11.4 Å². The molecule has 0 aliphatic heterocycles. The van der Waals surface area contributed by atoms with Gasteiger partial charge in [-0.1, -0.05) is 38.8 Å². The van der Waals surface area contributed by atoms with Crippen LogP contribution in [0.2, 0.25) is 0 Å².